The monoisotopic (exact) mass is 500 g/mol. The highest BCUT2D eigenvalue weighted by atomic mass is 32.2. The standard InChI is InChI=1S/C28H24N2O5S/c1-17-8-6-10-19(14-17)29-25-22(27(31)32)16-23(36(35)21-12-4-3-5-13-21)24(28(33)34)26(25)30-20-11-7-9-18(2)15-20/h3-16,29-30H,1-2H3,(H,31,32)(H,33,34). The van der Waals surface area contributed by atoms with Gasteiger partial charge in [0.25, 0.3) is 0 Å². The Hall–Kier alpha value is -4.43. The lowest BCUT2D eigenvalue weighted by Crippen LogP contribution is -2.15. The first-order chi connectivity index (χ1) is 17.2. The molecule has 0 radical (unpaired) electrons. The lowest BCUT2D eigenvalue weighted by atomic mass is 10.0. The molecular weight excluding hydrogens is 476 g/mol. The van der Waals surface area contributed by atoms with Crippen molar-refractivity contribution in [3.8, 4) is 0 Å². The summed E-state index contributed by atoms with van der Waals surface area (Å²) in [6.45, 7) is 3.78. The second-order valence-electron chi connectivity index (χ2n) is 8.23. The number of hydrogen-bond acceptors (Lipinski definition) is 5. The van der Waals surface area contributed by atoms with Crippen LogP contribution in [0.5, 0.6) is 0 Å². The maximum Gasteiger partial charge on any atom is 0.339 e. The summed E-state index contributed by atoms with van der Waals surface area (Å²) in [5.74, 6) is -2.63. The number of carboxylic acids is 2. The minimum Gasteiger partial charge on any atom is -0.478 e. The highest BCUT2D eigenvalue weighted by Crippen LogP contribution is 2.40. The van der Waals surface area contributed by atoms with Gasteiger partial charge in [-0.3, -0.25) is 0 Å². The minimum absolute atomic E-state index is 0.00814. The molecule has 1 atom stereocenters. The predicted octanol–water partition coefficient (Wildman–Crippen LogP) is 6.35. The largest absolute Gasteiger partial charge is 0.478 e. The van der Waals surface area contributed by atoms with E-state index in [9.17, 15) is 24.0 Å². The molecule has 8 heteroatoms. The van der Waals surface area contributed by atoms with E-state index in [0.717, 1.165) is 11.1 Å². The number of benzene rings is 4. The van der Waals surface area contributed by atoms with E-state index >= 15 is 0 Å². The molecular formula is C28H24N2O5S. The van der Waals surface area contributed by atoms with E-state index in [1.165, 1.54) is 6.07 Å². The number of aryl methyl sites for hydroxylation is 2. The van der Waals surface area contributed by atoms with Crippen molar-refractivity contribution in [2.24, 2.45) is 0 Å². The van der Waals surface area contributed by atoms with Gasteiger partial charge >= 0.3 is 11.9 Å². The molecule has 0 aromatic heterocycles. The number of nitrogens with one attached hydrogen (secondary N) is 2. The molecule has 0 aliphatic carbocycles. The molecule has 182 valence electrons. The van der Waals surface area contributed by atoms with E-state index in [1.807, 2.05) is 44.2 Å². The van der Waals surface area contributed by atoms with E-state index in [0.29, 0.717) is 16.3 Å². The quantitative estimate of drug-likeness (QED) is 0.223. The summed E-state index contributed by atoms with van der Waals surface area (Å²) in [6, 6.07) is 24.0. The molecule has 4 rings (SSSR count). The topological polar surface area (TPSA) is 116 Å². The smallest absolute Gasteiger partial charge is 0.339 e. The van der Waals surface area contributed by atoms with Crippen LogP contribution >= 0.6 is 0 Å². The fraction of sp³-hybridized carbons (Fsp3) is 0.0714. The molecule has 7 nitrogen and oxygen atoms in total. The van der Waals surface area contributed by atoms with Gasteiger partial charge in [-0.2, -0.15) is 0 Å². The third-order valence-electron chi connectivity index (χ3n) is 5.47. The van der Waals surface area contributed by atoms with Crippen molar-refractivity contribution < 1.29 is 24.0 Å². The molecule has 0 aliphatic heterocycles. The Kier molecular flexibility index (Phi) is 7.17. The Labute approximate surface area is 210 Å². The van der Waals surface area contributed by atoms with Gasteiger partial charge < -0.3 is 20.8 Å². The zero-order chi connectivity index (χ0) is 25.8. The molecule has 4 N–H and O–H groups in total. The molecule has 0 spiro atoms. The Morgan fingerprint density at radius 2 is 1.25 bits per heavy atom. The number of carboxylic acid groups (broad SMARTS) is 2. The first kappa shape index (κ1) is 24.7. The number of aromatic carboxylic acids is 2. The lowest BCUT2D eigenvalue weighted by Gasteiger charge is -2.21. The van der Waals surface area contributed by atoms with Gasteiger partial charge in [-0.05, 0) is 67.4 Å². The molecule has 4 aromatic rings. The minimum atomic E-state index is -1.95. The highest BCUT2D eigenvalue weighted by molar-refractivity contribution is 7.85. The van der Waals surface area contributed by atoms with Crippen LogP contribution in [0.3, 0.4) is 0 Å². The van der Waals surface area contributed by atoms with Crippen LogP contribution in [0.2, 0.25) is 0 Å². The van der Waals surface area contributed by atoms with Crippen LogP contribution in [-0.4, -0.2) is 26.4 Å². The third-order valence-corrected chi connectivity index (χ3v) is 6.89. The van der Waals surface area contributed by atoms with E-state index in [2.05, 4.69) is 10.6 Å². The maximum atomic E-state index is 13.5. The number of rotatable bonds is 8. The fourth-order valence-corrected chi connectivity index (χ4v) is 5.10. The van der Waals surface area contributed by atoms with E-state index in [1.54, 1.807) is 48.5 Å². The van der Waals surface area contributed by atoms with Gasteiger partial charge in [-0.15, -0.1) is 0 Å². The SMILES string of the molecule is Cc1cccc(Nc2c(C(=O)O)cc(S(=O)c3ccccc3)c(C(=O)O)c2Nc2cccc(C)c2)c1. The van der Waals surface area contributed by atoms with Gasteiger partial charge in [0.15, 0.2) is 0 Å². The second kappa shape index (κ2) is 10.5. The Morgan fingerprint density at radius 3 is 1.75 bits per heavy atom. The van der Waals surface area contributed by atoms with Gasteiger partial charge in [-0.1, -0.05) is 42.5 Å². The molecule has 4 aromatic carbocycles. The van der Waals surface area contributed by atoms with Gasteiger partial charge in [0, 0.05) is 16.3 Å². The van der Waals surface area contributed by atoms with Crippen LogP contribution in [0.15, 0.2) is 94.7 Å². The first-order valence-electron chi connectivity index (χ1n) is 11.1. The first-order valence-corrected chi connectivity index (χ1v) is 12.2. The van der Waals surface area contributed by atoms with E-state index in [-0.39, 0.29) is 27.4 Å². The van der Waals surface area contributed by atoms with Crippen molar-refractivity contribution >= 4 is 45.5 Å². The zero-order valence-electron chi connectivity index (χ0n) is 19.6. The van der Waals surface area contributed by atoms with Gasteiger partial charge in [0.2, 0.25) is 0 Å². The van der Waals surface area contributed by atoms with Crippen molar-refractivity contribution in [3.63, 3.8) is 0 Å². The number of carbonyl (C=O) groups is 2. The van der Waals surface area contributed by atoms with Gasteiger partial charge in [-0.25, -0.2) is 13.8 Å². The summed E-state index contributed by atoms with van der Waals surface area (Å²) < 4.78 is 13.5. The summed E-state index contributed by atoms with van der Waals surface area (Å²) in [6.07, 6.45) is 0. The van der Waals surface area contributed by atoms with Crippen LogP contribution in [0, 0.1) is 13.8 Å². The van der Waals surface area contributed by atoms with Gasteiger partial charge in [0.05, 0.1) is 32.6 Å². The highest BCUT2D eigenvalue weighted by Gasteiger charge is 2.29. The average Bonchev–Trinajstić information content (AvgIpc) is 2.84. The van der Waals surface area contributed by atoms with Crippen LogP contribution in [0.1, 0.15) is 31.8 Å². The van der Waals surface area contributed by atoms with Crippen LogP contribution in [0.25, 0.3) is 0 Å². The maximum absolute atomic E-state index is 13.5. The van der Waals surface area contributed by atoms with Crippen molar-refractivity contribution in [3.05, 3.63) is 107 Å². The Balaban J connectivity index is 2.02. The number of anilines is 4. The molecule has 0 saturated carbocycles. The summed E-state index contributed by atoms with van der Waals surface area (Å²) in [7, 11) is -1.95. The molecule has 0 aliphatic rings. The van der Waals surface area contributed by atoms with Gasteiger partial charge in [0.1, 0.15) is 5.56 Å². The molecule has 0 saturated heterocycles. The van der Waals surface area contributed by atoms with Crippen LogP contribution < -0.4 is 10.6 Å². The van der Waals surface area contributed by atoms with Crippen molar-refractivity contribution in [1.82, 2.24) is 0 Å². The van der Waals surface area contributed by atoms with Crippen molar-refractivity contribution in [2.75, 3.05) is 10.6 Å². The summed E-state index contributed by atoms with van der Waals surface area (Å²) in [5, 5.41) is 26.6. The van der Waals surface area contributed by atoms with E-state index < -0.39 is 22.7 Å². The third kappa shape index (κ3) is 5.29. The summed E-state index contributed by atoms with van der Waals surface area (Å²) in [5.41, 5.74) is 2.57. The van der Waals surface area contributed by atoms with E-state index in [4.69, 9.17) is 0 Å². The predicted molar refractivity (Wildman–Crippen MR) is 140 cm³/mol. The Morgan fingerprint density at radius 1 is 0.694 bits per heavy atom. The zero-order valence-corrected chi connectivity index (χ0v) is 20.4. The van der Waals surface area contributed by atoms with Crippen molar-refractivity contribution in [2.45, 2.75) is 23.6 Å². The molecule has 0 fully saturated rings. The summed E-state index contributed by atoms with van der Waals surface area (Å²) in [4.78, 5) is 25.3. The molecule has 1 unspecified atom stereocenters. The average molecular weight is 501 g/mol. The molecule has 36 heavy (non-hydrogen) atoms. The fourth-order valence-electron chi connectivity index (χ4n) is 3.85. The normalized spacial score (nSPS) is 11.5. The number of hydrogen-bond donors (Lipinski definition) is 4. The molecule has 0 bridgehead atoms. The molecule has 0 amide bonds. The van der Waals surface area contributed by atoms with Crippen molar-refractivity contribution in [1.29, 1.82) is 0 Å². The lowest BCUT2D eigenvalue weighted by molar-refractivity contribution is 0.0679. The van der Waals surface area contributed by atoms with Crippen LogP contribution in [0.4, 0.5) is 22.7 Å². The Bertz CT molecular complexity index is 1490. The molecule has 0 heterocycles. The summed E-state index contributed by atoms with van der Waals surface area (Å²) >= 11 is 0. The van der Waals surface area contributed by atoms with Crippen LogP contribution in [-0.2, 0) is 10.8 Å². The second-order valence-corrected chi connectivity index (χ2v) is 9.68.